The third-order valence-corrected chi connectivity index (χ3v) is 4.75. The van der Waals surface area contributed by atoms with Gasteiger partial charge in [-0.25, -0.2) is 9.59 Å². The topological polar surface area (TPSA) is 68.4 Å². The molecule has 0 atom stereocenters. The summed E-state index contributed by atoms with van der Waals surface area (Å²) in [4.78, 5) is 28.2. The fourth-order valence-electron chi connectivity index (χ4n) is 2.36. The second-order valence-corrected chi connectivity index (χ2v) is 6.89. The SMILES string of the molecule is CCOC(=O)c1[nH]c(C)c(C(=O)OCCSc2ccc(Cl)cc2)c1C. The van der Waals surface area contributed by atoms with E-state index in [0.717, 1.165) is 4.90 Å². The molecule has 2 aromatic rings. The molecule has 0 saturated carbocycles. The molecule has 5 nitrogen and oxygen atoms in total. The first-order chi connectivity index (χ1) is 11.9. The van der Waals surface area contributed by atoms with E-state index in [-0.39, 0.29) is 13.2 Å². The Bertz CT molecular complexity index is 755. The first kappa shape index (κ1) is 19.4. The van der Waals surface area contributed by atoms with Crippen molar-refractivity contribution < 1.29 is 19.1 Å². The number of hydrogen-bond donors (Lipinski definition) is 1. The van der Waals surface area contributed by atoms with E-state index in [1.165, 1.54) is 0 Å². The first-order valence-electron chi connectivity index (χ1n) is 7.85. The van der Waals surface area contributed by atoms with E-state index in [9.17, 15) is 9.59 Å². The van der Waals surface area contributed by atoms with Crippen LogP contribution in [0.4, 0.5) is 0 Å². The van der Waals surface area contributed by atoms with Crippen molar-refractivity contribution in [3.8, 4) is 0 Å². The normalized spacial score (nSPS) is 10.6. The zero-order valence-corrected chi connectivity index (χ0v) is 15.9. The van der Waals surface area contributed by atoms with Gasteiger partial charge in [-0.2, -0.15) is 0 Å². The molecule has 25 heavy (non-hydrogen) atoms. The van der Waals surface area contributed by atoms with Gasteiger partial charge >= 0.3 is 11.9 Å². The highest BCUT2D eigenvalue weighted by atomic mass is 35.5. The van der Waals surface area contributed by atoms with Crippen molar-refractivity contribution in [3.05, 3.63) is 51.8 Å². The monoisotopic (exact) mass is 381 g/mol. The van der Waals surface area contributed by atoms with Gasteiger partial charge in [0.15, 0.2) is 0 Å². The van der Waals surface area contributed by atoms with Crippen LogP contribution in [0.25, 0.3) is 0 Å². The Hall–Kier alpha value is -1.92. The molecule has 1 N–H and O–H groups in total. The van der Waals surface area contributed by atoms with E-state index >= 15 is 0 Å². The Morgan fingerprint density at radius 3 is 2.44 bits per heavy atom. The van der Waals surface area contributed by atoms with Gasteiger partial charge in [-0.3, -0.25) is 0 Å². The Labute approximate surface area is 156 Å². The number of aromatic nitrogens is 1. The zero-order valence-electron chi connectivity index (χ0n) is 14.3. The van der Waals surface area contributed by atoms with E-state index < -0.39 is 11.9 Å². The summed E-state index contributed by atoms with van der Waals surface area (Å²) in [6.45, 7) is 5.71. The van der Waals surface area contributed by atoms with E-state index in [4.69, 9.17) is 21.1 Å². The maximum Gasteiger partial charge on any atom is 0.355 e. The summed E-state index contributed by atoms with van der Waals surface area (Å²) < 4.78 is 10.3. The third kappa shape index (κ3) is 5.03. The summed E-state index contributed by atoms with van der Waals surface area (Å²) in [5.74, 6) is -0.292. The molecule has 1 heterocycles. The number of aryl methyl sites for hydroxylation is 1. The Balaban J connectivity index is 1.92. The van der Waals surface area contributed by atoms with E-state index in [1.807, 2.05) is 24.3 Å². The molecular weight excluding hydrogens is 362 g/mol. The number of rotatable bonds is 7. The summed E-state index contributed by atoms with van der Waals surface area (Å²) >= 11 is 7.42. The molecule has 2 rings (SSSR count). The number of carbonyl (C=O) groups is 2. The molecular formula is C18H20ClNO4S. The summed E-state index contributed by atoms with van der Waals surface area (Å²) in [6, 6.07) is 7.47. The average Bonchev–Trinajstić information content (AvgIpc) is 2.88. The van der Waals surface area contributed by atoms with Crippen molar-refractivity contribution in [2.24, 2.45) is 0 Å². The van der Waals surface area contributed by atoms with E-state index in [2.05, 4.69) is 4.98 Å². The number of halogens is 1. The number of benzene rings is 1. The molecule has 0 aliphatic rings. The van der Waals surface area contributed by atoms with Crippen LogP contribution in [0, 0.1) is 13.8 Å². The van der Waals surface area contributed by atoms with Crippen LogP contribution in [0.3, 0.4) is 0 Å². The summed E-state index contributed by atoms with van der Waals surface area (Å²) in [5.41, 5.74) is 1.82. The van der Waals surface area contributed by atoms with Crippen LogP contribution in [-0.4, -0.2) is 35.9 Å². The number of ether oxygens (including phenoxy) is 2. The van der Waals surface area contributed by atoms with Gasteiger partial charge < -0.3 is 14.5 Å². The van der Waals surface area contributed by atoms with Crippen LogP contribution in [0.1, 0.15) is 39.0 Å². The minimum atomic E-state index is -0.472. The predicted molar refractivity (Wildman–Crippen MR) is 98.7 cm³/mol. The lowest BCUT2D eigenvalue weighted by Gasteiger charge is -2.06. The van der Waals surface area contributed by atoms with Gasteiger partial charge in [0.25, 0.3) is 0 Å². The zero-order chi connectivity index (χ0) is 18.4. The molecule has 0 radical (unpaired) electrons. The van der Waals surface area contributed by atoms with Crippen molar-refractivity contribution in [1.82, 2.24) is 4.98 Å². The first-order valence-corrected chi connectivity index (χ1v) is 9.22. The highest BCUT2D eigenvalue weighted by Gasteiger charge is 2.23. The van der Waals surface area contributed by atoms with E-state index in [0.29, 0.717) is 33.3 Å². The standard InChI is InChI=1S/C18H20ClNO4S/c1-4-23-18(22)16-11(2)15(12(3)20-16)17(21)24-9-10-25-14-7-5-13(19)6-8-14/h5-8,20H,4,9-10H2,1-3H3. The number of thioether (sulfide) groups is 1. The smallest absolute Gasteiger partial charge is 0.355 e. The Kier molecular flexibility index (Phi) is 6.96. The number of H-pyrrole nitrogens is 1. The summed E-state index contributed by atoms with van der Waals surface area (Å²) in [5, 5.41) is 0.687. The van der Waals surface area contributed by atoms with Crippen molar-refractivity contribution in [3.63, 3.8) is 0 Å². The molecule has 134 valence electrons. The van der Waals surface area contributed by atoms with Crippen LogP contribution in [0.2, 0.25) is 5.02 Å². The molecule has 0 saturated heterocycles. The van der Waals surface area contributed by atoms with Crippen LogP contribution in [0.5, 0.6) is 0 Å². The molecule has 7 heteroatoms. The highest BCUT2D eigenvalue weighted by molar-refractivity contribution is 7.99. The second kappa shape index (κ2) is 8.97. The molecule has 1 aromatic carbocycles. The molecule has 0 bridgehead atoms. The largest absolute Gasteiger partial charge is 0.461 e. The van der Waals surface area contributed by atoms with Crippen LogP contribution >= 0.6 is 23.4 Å². The molecule has 0 fully saturated rings. The number of esters is 2. The Morgan fingerprint density at radius 2 is 1.80 bits per heavy atom. The number of nitrogens with one attached hydrogen (secondary N) is 1. The molecule has 0 unspecified atom stereocenters. The second-order valence-electron chi connectivity index (χ2n) is 5.28. The van der Waals surface area contributed by atoms with Gasteiger partial charge in [0.05, 0.1) is 12.2 Å². The predicted octanol–water partition coefficient (Wildman–Crippen LogP) is 4.41. The molecule has 0 aliphatic heterocycles. The maximum atomic E-state index is 12.3. The Morgan fingerprint density at radius 1 is 1.12 bits per heavy atom. The fraction of sp³-hybridized carbons (Fsp3) is 0.333. The lowest BCUT2D eigenvalue weighted by atomic mass is 10.1. The van der Waals surface area contributed by atoms with Gasteiger partial charge in [0.2, 0.25) is 0 Å². The van der Waals surface area contributed by atoms with Crippen molar-refractivity contribution in [1.29, 1.82) is 0 Å². The van der Waals surface area contributed by atoms with E-state index in [1.54, 1.807) is 32.5 Å². The van der Waals surface area contributed by atoms with Crippen molar-refractivity contribution in [2.75, 3.05) is 19.0 Å². The van der Waals surface area contributed by atoms with Gasteiger partial charge in [-0.15, -0.1) is 11.8 Å². The summed E-state index contributed by atoms with van der Waals surface area (Å²) in [7, 11) is 0. The number of carbonyl (C=O) groups excluding carboxylic acids is 2. The van der Waals surface area contributed by atoms with Crippen LogP contribution < -0.4 is 0 Å². The van der Waals surface area contributed by atoms with Gasteiger partial charge in [-0.05, 0) is 50.6 Å². The van der Waals surface area contributed by atoms with Gasteiger partial charge in [0, 0.05) is 21.4 Å². The molecule has 0 amide bonds. The fourth-order valence-corrected chi connectivity index (χ4v) is 3.22. The lowest BCUT2D eigenvalue weighted by molar-refractivity contribution is 0.0518. The lowest BCUT2D eigenvalue weighted by Crippen LogP contribution is -2.10. The number of hydrogen-bond acceptors (Lipinski definition) is 5. The minimum Gasteiger partial charge on any atom is -0.461 e. The van der Waals surface area contributed by atoms with Crippen LogP contribution in [0.15, 0.2) is 29.2 Å². The van der Waals surface area contributed by atoms with Crippen LogP contribution in [-0.2, 0) is 9.47 Å². The van der Waals surface area contributed by atoms with Crippen molar-refractivity contribution in [2.45, 2.75) is 25.7 Å². The summed E-state index contributed by atoms with van der Waals surface area (Å²) in [6.07, 6.45) is 0. The molecule has 0 spiro atoms. The van der Waals surface area contributed by atoms with Gasteiger partial charge in [-0.1, -0.05) is 11.6 Å². The average molecular weight is 382 g/mol. The highest BCUT2D eigenvalue weighted by Crippen LogP contribution is 2.22. The maximum absolute atomic E-state index is 12.3. The quantitative estimate of drug-likeness (QED) is 0.437. The third-order valence-electron chi connectivity index (χ3n) is 3.52. The minimum absolute atomic E-state index is 0.269. The van der Waals surface area contributed by atoms with Gasteiger partial charge in [0.1, 0.15) is 12.3 Å². The molecule has 0 aliphatic carbocycles. The number of aromatic amines is 1. The van der Waals surface area contributed by atoms with Crippen molar-refractivity contribution >= 4 is 35.3 Å². The molecule has 1 aromatic heterocycles.